The lowest BCUT2D eigenvalue weighted by atomic mass is 10.2. The summed E-state index contributed by atoms with van der Waals surface area (Å²) in [5, 5.41) is 0. The summed E-state index contributed by atoms with van der Waals surface area (Å²) in [6.45, 7) is 2.97. The van der Waals surface area contributed by atoms with E-state index in [0.29, 0.717) is 24.4 Å². The van der Waals surface area contributed by atoms with Crippen LogP contribution in [0.4, 0.5) is 0 Å². The van der Waals surface area contributed by atoms with E-state index in [1.807, 2.05) is 7.05 Å². The van der Waals surface area contributed by atoms with Crippen molar-refractivity contribution in [1.29, 1.82) is 0 Å². The van der Waals surface area contributed by atoms with Crippen LogP contribution in [0.3, 0.4) is 0 Å². The second kappa shape index (κ2) is 7.38. The minimum Gasteiger partial charge on any atom is -0.468 e. The third-order valence-electron chi connectivity index (χ3n) is 4.20. The van der Waals surface area contributed by atoms with Gasteiger partial charge < -0.3 is 14.2 Å². The number of benzene rings is 1. The maximum Gasteiger partial charge on any atom is 0.253 e. The van der Waals surface area contributed by atoms with Gasteiger partial charge in [-0.25, -0.2) is 13.1 Å². The fourth-order valence-electron chi connectivity index (χ4n) is 2.65. The van der Waals surface area contributed by atoms with E-state index in [1.54, 1.807) is 29.2 Å². The highest BCUT2D eigenvalue weighted by Crippen LogP contribution is 2.15. The Kier molecular flexibility index (Phi) is 5.22. The average molecular weight is 363 g/mol. The molecular weight excluding hydrogens is 342 g/mol. The number of amides is 1. The van der Waals surface area contributed by atoms with E-state index in [4.69, 9.17) is 4.42 Å². The molecule has 0 atom stereocenters. The van der Waals surface area contributed by atoms with Crippen molar-refractivity contribution in [3.63, 3.8) is 0 Å². The molecule has 1 fully saturated rings. The molecule has 2 heterocycles. The second-order valence-electron chi connectivity index (χ2n) is 6.03. The molecule has 1 aromatic heterocycles. The van der Waals surface area contributed by atoms with Crippen LogP contribution in [0.15, 0.2) is 52.0 Å². The Hall–Kier alpha value is -2.16. The summed E-state index contributed by atoms with van der Waals surface area (Å²) in [5.41, 5.74) is 0.380. The lowest BCUT2D eigenvalue weighted by molar-refractivity contribution is 0.0664. The molecule has 1 aromatic carbocycles. The van der Waals surface area contributed by atoms with Gasteiger partial charge in [-0.05, 0) is 37.4 Å². The highest BCUT2D eigenvalue weighted by Gasteiger charge is 2.22. The minimum absolute atomic E-state index is 0.0615. The summed E-state index contributed by atoms with van der Waals surface area (Å²) >= 11 is 0. The molecule has 0 unspecified atom stereocenters. The van der Waals surface area contributed by atoms with Gasteiger partial charge in [-0.15, -0.1) is 0 Å². The van der Waals surface area contributed by atoms with Crippen LogP contribution in [0.5, 0.6) is 0 Å². The molecule has 0 radical (unpaired) electrons. The van der Waals surface area contributed by atoms with Crippen LogP contribution < -0.4 is 4.72 Å². The highest BCUT2D eigenvalue weighted by atomic mass is 32.2. The van der Waals surface area contributed by atoms with E-state index in [1.165, 1.54) is 18.4 Å². The van der Waals surface area contributed by atoms with Crippen LogP contribution in [0, 0.1) is 0 Å². The molecule has 0 saturated carbocycles. The normalized spacial score (nSPS) is 16.1. The maximum atomic E-state index is 12.6. The Morgan fingerprint density at radius 2 is 1.92 bits per heavy atom. The zero-order valence-corrected chi connectivity index (χ0v) is 14.8. The number of likely N-dealkylation sites (N-methyl/N-ethyl adjacent to an activating group) is 1. The van der Waals surface area contributed by atoms with Crippen molar-refractivity contribution in [3.05, 3.63) is 54.0 Å². The lowest BCUT2D eigenvalue weighted by Gasteiger charge is -2.32. The van der Waals surface area contributed by atoms with E-state index in [0.717, 1.165) is 13.1 Å². The zero-order chi connectivity index (χ0) is 17.9. The molecule has 0 spiro atoms. The van der Waals surface area contributed by atoms with Gasteiger partial charge >= 0.3 is 0 Å². The van der Waals surface area contributed by atoms with E-state index in [-0.39, 0.29) is 17.3 Å². The Labute approximate surface area is 147 Å². The SMILES string of the molecule is CN1CCN(C(=O)c2cccc(S(=O)(=O)NCc3ccco3)c2)CC1. The van der Waals surface area contributed by atoms with Crippen LogP contribution in [-0.4, -0.2) is 57.4 Å². The molecule has 1 N–H and O–H groups in total. The molecule has 1 saturated heterocycles. The number of rotatable bonds is 5. The summed E-state index contributed by atoms with van der Waals surface area (Å²) in [7, 11) is -1.71. The molecule has 25 heavy (non-hydrogen) atoms. The van der Waals surface area contributed by atoms with Crippen molar-refractivity contribution in [1.82, 2.24) is 14.5 Å². The first-order valence-electron chi connectivity index (χ1n) is 8.06. The molecule has 1 aliphatic rings. The van der Waals surface area contributed by atoms with Crippen molar-refractivity contribution in [2.24, 2.45) is 0 Å². The predicted molar refractivity (Wildman–Crippen MR) is 92.6 cm³/mol. The molecule has 134 valence electrons. The third kappa shape index (κ3) is 4.28. The first-order valence-corrected chi connectivity index (χ1v) is 9.54. The van der Waals surface area contributed by atoms with Gasteiger partial charge in [-0.1, -0.05) is 6.07 Å². The molecule has 2 aromatic rings. The number of piperazine rings is 1. The Morgan fingerprint density at radius 1 is 1.16 bits per heavy atom. The molecular formula is C17H21N3O4S. The van der Waals surface area contributed by atoms with E-state index < -0.39 is 10.0 Å². The van der Waals surface area contributed by atoms with Crippen LogP contribution in [0.2, 0.25) is 0 Å². The smallest absolute Gasteiger partial charge is 0.253 e. The summed E-state index contributed by atoms with van der Waals surface area (Å²) in [6.07, 6.45) is 1.49. The Morgan fingerprint density at radius 3 is 2.60 bits per heavy atom. The van der Waals surface area contributed by atoms with Gasteiger partial charge in [-0.3, -0.25) is 4.79 Å². The molecule has 1 aliphatic heterocycles. The van der Waals surface area contributed by atoms with Crippen molar-refractivity contribution in [3.8, 4) is 0 Å². The predicted octanol–water partition coefficient (Wildman–Crippen LogP) is 1.15. The molecule has 3 rings (SSSR count). The van der Waals surface area contributed by atoms with E-state index >= 15 is 0 Å². The van der Waals surface area contributed by atoms with Gasteiger partial charge in [0.05, 0.1) is 17.7 Å². The first kappa shape index (κ1) is 17.7. The van der Waals surface area contributed by atoms with Crippen molar-refractivity contribution in [2.45, 2.75) is 11.4 Å². The number of furan rings is 1. The topological polar surface area (TPSA) is 82.9 Å². The molecule has 8 heteroatoms. The number of nitrogens with zero attached hydrogens (tertiary/aromatic N) is 2. The minimum atomic E-state index is -3.72. The van der Waals surface area contributed by atoms with Crippen LogP contribution in [-0.2, 0) is 16.6 Å². The zero-order valence-electron chi connectivity index (χ0n) is 14.0. The summed E-state index contributed by atoms with van der Waals surface area (Å²) in [6, 6.07) is 9.52. The largest absolute Gasteiger partial charge is 0.468 e. The van der Waals surface area contributed by atoms with Crippen LogP contribution in [0.1, 0.15) is 16.1 Å². The summed E-state index contributed by atoms with van der Waals surface area (Å²) in [4.78, 5) is 16.6. The average Bonchev–Trinajstić information content (AvgIpc) is 3.14. The number of nitrogens with one attached hydrogen (secondary N) is 1. The molecule has 0 bridgehead atoms. The number of sulfonamides is 1. The van der Waals surface area contributed by atoms with E-state index in [9.17, 15) is 13.2 Å². The molecule has 7 nitrogen and oxygen atoms in total. The van der Waals surface area contributed by atoms with Gasteiger partial charge in [0.15, 0.2) is 0 Å². The number of carbonyl (C=O) groups excluding carboxylic acids is 1. The molecule has 1 amide bonds. The van der Waals surface area contributed by atoms with Crippen LogP contribution in [0.25, 0.3) is 0 Å². The van der Waals surface area contributed by atoms with Gasteiger partial charge in [0, 0.05) is 31.7 Å². The lowest BCUT2D eigenvalue weighted by Crippen LogP contribution is -2.47. The van der Waals surface area contributed by atoms with Crippen molar-refractivity contribution in [2.75, 3.05) is 33.2 Å². The van der Waals surface area contributed by atoms with Crippen LogP contribution >= 0.6 is 0 Å². The highest BCUT2D eigenvalue weighted by molar-refractivity contribution is 7.89. The third-order valence-corrected chi connectivity index (χ3v) is 5.60. The monoisotopic (exact) mass is 363 g/mol. The Balaban J connectivity index is 1.73. The van der Waals surface area contributed by atoms with Gasteiger partial charge in [0.2, 0.25) is 10.0 Å². The molecule has 0 aliphatic carbocycles. The van der Waals surface area contributed by atoms with Gasteiger partial charge in [0.1, 0.15) is 5.76 Å². The Bertz CT molecular complexity index is 825. The van der Waals surface area contributed by atoms with Crippen molar-refractivity contribution >= 4 is 15.9 Å². The first-order chi connectivity index (χ1) is 12.0. The second-order valence-corrected chi connectivity index (χ2v) is 7.79. The standard InChI is InChI=1S/C17H21N3O4S/c1-19-7-9-20(10-8-19)17(21)14-4-2-6-16(12-14)25(22,23)18-13-15-5-3-11-24-15/h2-6,11-12,18H,7-10,13H2,1H3. The van der Waals surface area contributed by atoms with E-state index in [2.05, 4.69) is 9.62 Å². The van der Waals surface area contributed by atoms with Gasteiger partial charge in [0.25, 0.3) is 5.91 Å². The maximum absolute atomic E-state index is 12.6. The number of hydrogen-bond acceptors (Lipinski definition) is 5. The fraction of sp³-hybridized carbons (Fsp3) is 0.353. The number of carbonyl (C=O) groups is 1. The van der Waals surface area contributed by atoms with Gasteiger partial charge in [-0.2, -0.15) is 0 Å². The quantitative estimate of drug-likeness (QED) is 0.862. The summed E-state index contributed by atoms with van der Waals surface area (Å²) in [5.74, 6) is 0.379. The van der Waals surface area contributed by atoms with Crippen molar-refractivity contribution < 1.29 is 17.6 Å². The summed E-state index contributed by atoms with van der Waals surface area (Å²) < 4.78 is 32.5. The fourth-order valence-corrected chi connectivity index (χ4v) is 3.69. The number of hydrogen-bond donors (Lipinski definition) is 1.